The molecule has 2 aromatic rings. The van der Waals surface area contributed by atoms with E-state index in [-0.39, 0.29) is 12.5 Å². The van der Waals surface area contributed by atoms with Gasteiger partial charge in [0.05, 0.1) is 16.1 Å². The SMILES string of the molecule is CC(C)OC(Cc1cccc(C(C)(O)C#Cc2ccc(Cl)c(Cl)c2)c1)C(=O)O. The first-order valence-electron chi connectivity index (χ1n) is 8.77. The van der Waals surface area contributed by atoms with Gasteiger partial charge in [-0.1, -0.05) is 59.3 Å². The van der Waals surface area contributed by atoms with E-state index in [1.807, 2.05) is 0 Å². The van der Waals surface area contributed by atoms with E-state index in [2.05, 4.69) is 11.8 Å². The summed E-state index contributed by atoms with van der Waals surface area (Å²) in [4.78, 5) is 11.4. The van der Waals surface area contributed by atoms with Crippen LogP contribution in [0.5, 0.6) is 0 Å². The fourth-order valence-corrected chi connectivity index (χ4v) is 2.88. The molecule has 0 aliphatic rings. The van der Waals surface area contributed by atoms with Crippen molar-refractivity contribution in [1.29, 1.82) is 0 Å². The summed E-state index contributed by atoms with van der Waals surface area (Å²) in [6.45, 7) is 5.15. The van der Waals surface area contributed by atoms with E-state index in [4.69, 9.17) is 27.9 Å². The molecule has 0 saturated heterocycles. The molecule has 0 heterocycles. The van der Waals surface area contributed by atoms with Crippen LogP contribution in [-0.4, -0.2) is 28.4 Å². The maximum atomic E-state index is 11.4. The van der Waals surface area contributed by atoms with Gasteiger partial charge in [-0.05, 0) is 50.1 Å². The topological polar surface area (TPSA) is 66.8 Å². The molecule has 2 atom stereocenters. The Balaban J connectivity index is 2.25. The number of halogens is 2. The van der Waals surface area contributed by atoms with Gasteiger partial charge in [0.15, 0.2) is 6.10 Å². The van der Waals surface area contributed by atoms with Crippen molar-refractivity contribution in [3.8, 4) is 11.8 Å². The Morgan fingerprint density at radius 3 is 2.50 bits per heavy atom. The highest BCUT2D eigenvalue weighted by molar-refractivity contribution is 6.42. The van der Waals surface area contributed by atoms with E-state index in [1.54, 1.807) is 63.2 Å². The van der Waals surface area contributed by atoms with Crippen molar-refractivity contribution in [1.82, 2.24) is 0 Å². The highest BCUT2D eigenvalue weighted by atomic mass is 35.5. The smallest absolute Gasteiger partial charge is 0.333 e. The fraction of sp³-hybridized carbons (Fsp3) is 0.318. The molecule has 148 valence electrons. The van der Waals surface area contributed by atoms with Crippen molar-refractivity contribution in [2.45, 2.75) is 45.0 Å². The summed E-state index contributed by atoms with van der Waals surface area (Å²) < 4.78 is 5.45. The number of benzene rings is 2. The van der Waals surface area contributed by atoms with Crippen LogP contribution in [0, 0.1) is 11.8 Å². The number of ether oxygens (including phenoxy) is 1. The molecule has 2 unspecified atom stereocenters. The Bertz CT molecular complexity index is 910. The van der Waals surface area contributed by atoms with Crippen LogP contribution in [0.2, 0.25) is 10.0 Å². The highest BCUT2D eigenvalue weighted by Crippen LogP contribution is 2.24. The minimum atomic E-state index is -1.43. The molecule has 4 nitrogen and oxygen atoms in total. The molecular weight excluding hydrogens is 399 g/mol. The van der Waals surface area contributed by atoms with Crippen LogP contribution in [0.25, 0.3) is 0 Å². The molecule has 2 aromatic carbocycles. The summed E-state index contributed by atoms with van der Waals surface area (Å²) in [6.07, 6.45) is -0.968. The molecule has 2 N–H and O–H groups in total. The third-order valence-corrected chi connectivity index (χ3v) is 4.73. The van der Waals surface area contributed by atoms with Gasteiger partial charge in [-0.15, -0.1) is 0 Å². The van der Waals surface area contributed by atoms with Gasteiger partial charge in [-0.2, -0.15) is 0 Å². The third-order valence-electron chi connectivity index (χ3n) is 3.99. The Morgan fingerprint density at radius 1 is 1.18 bits per heavy atom. The van der Waals surface area contributed by atoms with Crippen molar-refractivity contribution in [3.05, 3.63) is 69.2 Å². The lowest BCUT2D eigenvalue weighted by Crippen LogP contribution is -2.29. The Labute approximate surface area is 175 Å². The fourth-order valence-electron chi connectivity index (χ4n) is 2.58. The summed E-state index contributed by atoms with van der Waals surface area (Å²) in [6, 6.07) is 12.0. The van der Waals surface area contributed by atoms with E-state index in [9.17, 15) is 15.0 Å². The van der Waals surface area contributed by atoms with E-state index >= 15 is 0 Å². The first-order chi connectivity index (χ1) is 13.1. The summed E-state index contributed by atoms with van der Waals surface area (Å²) >= 11 is 11.9. The summed E-state index contributed by atoms with van der Waals surface area (Å²) in [7, 11) is 0. The number of aliphatic hydroxyl groups is 1. The molecule has 0 saturated carbocycles. The summed E-state index contributed by atoms with van der Waals surface area (Å²) in [5, 5.41) is 21.0. The van der Waals surface area contributed by atoms with Gasteiger partial charge in [0.25, 0.3) is 0 Å². The van der Waals surface area contributed by atoms with Crippen LogP contribution in [-0.2, 0) is 21.6 Å². The van der Waals surface area contributed by atoms with Gasteiger partial charge >= 0.3 is 5.97 Å². The van der Waals surface area contributed by atoms with Crippen LogP contribution < -0.4 is 0 Å². The molecule has 0 spiro atoms. The minimum absolute atomic E-state index is 0.192. The number of aliphatic carboxylic acids is 1. The van der Waals surface area contributed by atoms with Crippen molar-refractivity contribution < 1.29 is 19.7 Å². The van der Waals surface area contributed by atoms with Crippen molar-refractivity contribution in [2.75, 3.05) is 0 Å². The summed E-state index contributed by atoms with van der Waals surface area (Å²) in [5.74, 6) is 4.70. The van der Waals surface area contributed by atoms with Crippen LogP contribution in [0.1, 0.15) is 37.5 Å². The summed E-state index contributed by atoms with van der Waals surface area (Å²) in [5.41, 5.74) is 0.496. The van der Waals surface area contributed by atoms with Gasteiger partial charge in [-0.25, -0.2) is 4.79 Å². The van der Waals surface area contributed by atoms with Crippen LogP contribution in [0.15, 0.2) is 42.5 Å². The minimum Gasteiger partial charge on any atom is -0.479 e. The van der Waals surface area contributed by atoms with Crippen LogP contribution in [0.3, 0.4) is 0 Å². The van der Waals surface area contributed by atoms with E-state index in [1.165, 1.54) is 0 Å². The van der Waals surface area contributed by atoms with Gasteiger partial charge in [0, 0.05) is 12.0 Å². The lowest BCUT2D eigenvalue weighted by atomic mass is 9.93. The normalized spacial score (nSPS) is 14.1. The van der Waals surface area contributed by atoms with Gasteiger partial charge in [0.1, 0.15) is 5.60 Å². The first-order valence-corrected chi connectivity index (χ1v) is 9.52. The quantitative estimate of drug-likeness (QED) is 0.666. The van der Waals surface area contributed by atoms with Gasteiger partial charge in [-0.3, -0.25) is 0 Å². The maximum absolute atomic E-state index is 11.4. The van der Waals surface area contributed by atoms with Crippen LogP contribution in [0.4, 0.5) is 0 Å². The Morgan fingerprint density at radius 2 is 1.89 bits per heavy atom. The maximum Gasteiger partial charge on any atom is 0.333 e. The molecule has 2 rings (SSSR count). The van der Waals surface area contributed by atoms with Gasteiger partial charge in [0.2, 0.25) is 0 Å². The Kier molecular flexibility index (Phi) is 7.51. The zero-order valence-electron chi connectivity index (χ0n) is 15.9. The lowest BCUT2D eigenvalue weighted by Gasteiger charge is -2.20. The molecule has 6 heteroatoms. The zero-order chi connectivity index (χ0) is 20.9. The van der Waals surface area contributed by atoms with Crippen molar-refractivity contribution in [3.63, 3.8) is 0 Å². The van der Waals surface area contributed by atoms with Crippen molar-refractivity contribution in [2.24, 2.45) is 0 Å². The predicted molar refractivity (Wildman–Crippen MR) is 111 cm³/mol. The van der Waals surface area contributed by atoms with Crippen molar-refractivity contribution >= 4 is 29.2 Å². The second kappa shape index (κ2) is 9.45. The number of rotatable bonds is 6. The number of carboxylic acid groups (broad SMARTS) is 1. The molecule has 0 aliphatic heterocycles. The standard InChI is InChI=1S/C22H22Cl2O4/c1-14(2)28-20(21(25)26)13-16-5-4-6-17(11-16)22(3,27)10-9-15-7-8-18(23)19(24)12-15/h4-8,11-12,14,20,27H,13H2,1-3H3,(H,25,26). The molecule has 0 amide bonds. The number of hydrogen-bond acceptors (Lipinski definition) is 3. The average molecular weight is 421 g/mol. The molecule has 0 radical (unpaired) electrons. The second-order valence-electron chi connectivity index (χ2n) is 6.87. The third kappa shape index (κ3) is 6.25. The first kappa shape index (κ1) is 22.3. The molecule has 0 aliphatic carbocycles. The average Bonchev–Trinajstić information content (AvgIpc) is 2.62. The van der Waals surface area contributed by atoms with E-state index in [0.717, 1.165) is 5.56 Å². The number of hydrogen-bond donors (Lipinski definition) is 2. The zero-order valence-corrected chi connectivity index (χ0v) is 17.4. The predicted octanol–water partition coefficient (Wildman–Crippen LogP) is 4.67. The number of carboxylic acids is 1. The molecule has 0 bridgehead atoms. The largest absolute Gasteiger partial charge is 0.479 e. The lowest BCUT2D eigenvalue weighted by molar-refractivity contribution is -0.153. The number of carbonyl (C=O) groups is 1. The molecule has 28 heavy (non-hydrogen) atoms. The Hall–Kier alpha value is -2.03. The second-order valence-corrected chi connectivity index (χ2v) is 7.68. The monoisotopic (exact) mass is 420 g/mol. The van der Waals surface area contributed by atoms with Gasteiger partial charge < -0.3 is 14.9 Å². The molecular formula is C22H22Cl2O4. The van der Waals surface area contributed by atoms with E-state index in [0.29, 0.717) is 21.2 Å². The van der Waals surface area contributed by atoms with Crippen LogP contribution >= 0.6 is 23.2 Å². The van der Waals surface area contributed by atoms with E-state index < -0.39 is 17.7 Å². The molecule has 0 aromatic heterocycles. The highest BCUT2D eigenvalue weighted by Gasteiger charge is 2.23. The molecule has 0 fully saturated rings.